The number of fused-ring (bicyclic) bond motifs is 1. The number of alkyl halides is 3. The lowest BCUT2D eigenvalue weighted by Crippen LogP contribution is -2.44. The van der Waals surface area contributed by atoms with Crippen molar-refractivity contribution in [2.45, 2.75) is 25.1 Å². The van der Waals surface area contributed by atoms with Gasteiger partial charge in [0.1, 0.15) is 5.69 Å². The lowest BCUT2D eigenvalue weighted by molar-refractivity contribution is -0.137. The molecule has 0 saturated carbocycles. The summed E-state index contributed by atoms with van der Waals surface area (Å²) >= 11 is 0. The molecule has 152 valence electrons. The third-order valence-corrected chi connectivity index (χ3v) is 5.16. The molecule has 0 spiro atoms. The third-order valence-electron chi connectivity index (χ3n) is 5.16. The van der Waals surface area contributed by atoms with Gasteiger partial charge in [-0.1, -0.05) is 6.07 Å². The predicted molar refractivity (Wildman–Crippen MR) is 103 cm³/mol. The number of hydrogen-bond donors (Lipinski definition) is 1. The largest absolute Gasteiger partial charge is 0.416 e. The van der Waals surface area contributed by atoms with Gasteiger partial charge in [-0.3, -0.25) is 14.5 Å². The van der Waals surface area contributed by atoms with Crippen molar-refractivity contribution in [3.63, 3.8) is 0 Å². The summed E-state index contributed by atoms with van der Waals surface area (Å²) in [6.45, 7) is 1.38. The summed E-state index contributed by atoms with van der Waals surface area (Å²) in [4.78, 5) is 18.5. The van der Waals surface area contributed by atoms with Gasteiger partial charge >= 0.3 is 6.18 Å². The van der Waals surface area contributed by atoms with Gasteiger partial charge in [0.2, 0.25) is 0 Å². The Morgan fingerprint density at radius 1 is 1.17 bits per heavy atom. The molecule has 0 aliphatic carbocycles. The van der Waals surface area contributed by atoms with E-state index in [9.17, 15) is 18.0 Å². The zero-order chi connectivity index (χ0) is 20.6. The molecular weight excluding hydrogens is 383 g/mol. The lowest BCUT2D eigenvalue weighted by atomic mass is 10.0. The first kappa shape index (κ1) is 19.2. The minimum atomic E-state index is -4.39. The highest BCUT2D eigenvalue weighted by atomic mass is 19.4. The number of anilines is 1. The van der Waals surface area contributed by atoms with E-state index in [2.05, 4.69) is 20.3 Å². The number of piperidine rings is 1. The number of nitrogens with zero attached hydrogens (tertiary/aromatic N) is 4. The van der Waals surface area contributed by atoms with Crippen LogP contribution in [0.2, 0.25) is 0 Å². The van der Waals surface area contributed by atoms with Crippen molar-refractivity contribution in [2.24, 2.45) is 7.05 Å². The lowest BCUT2D eigenvalue weighted by Gasteiger charge is -2.34. The highest BCUT2D eigenvalue weighted by Gasteiger charge is 2.31. The van der Waals surface area contributed by atoms with Crippen molar-refractivity contribution in [3.8, 4) is 0 Å². The number of carbonyl (C=O) groups excluding carboxylic acids is 1. The summed E-state index contributed by atoms with van der Waals surface area (Å²) in [6, 6.07) is 7.18. The first-order valence-electron chi connectivity index (χ1n) is 9.33. The molecule has 2 aromatic heterocycles. The standard InChI is InChI=1S/C20H20F3N5O/c1-27-9-7-16(26-27)19(29)25-14-5-10-28(11-6-14)18-4-8-24-17-12-13(20(21,22)23)2-3-15(17)18/h2-4,7-9,12,14H,5-6,10-11H2,1H3,(H,25,29). The minimum absolute atomic E-state index is 0.0330. The van der Waals surface area contributed by atoms with Crippen LogP contribution in [0, 0.1) is 0 Å². The van der Waals surface area contributed by atoms with Gasteiger partial charge < -0.3 is 10.2 Å². The van der Waals surface area contributed by atoms with Gasteiger partial charge in [0.25, 0.3) is 5.91 Å². The Kier molecular flexibility index (Phi) is 4.89. The molecule has 29 heavy (non-hydrogen) atoms. The molecule has 3 heterocycles. The fourth-order valence-electron chi connectivity index (χ4n) is 3.65. The molecule has 6 nitrogen and oxygen atoms in total. The molecule has 4 rings (SSSR count). The van der Waals surface area contributed by atoms with E-state index in [4.69, 9.17) is 0 Å². The first-order chi connectivity index (χ1) is 13.8. The zero-order valence-corrected chi connectivity index (χ0v) is 15.8. The van der Waals surface area contributed by atoms with Crippen LogP contribution < -0.4 is 10.2 Å². The maximum absolute atomic E-state index is 13.0. The molecule has 1 saturated heterocycles. The second-order valence-electron chi connectivity index (χ2n) is 7.17. The van der Waals surface area contributed by atoms with E-state index >= 15 is 0 Å². The fourth-order valence-corrected chi connectivity index (χ4v) is 3.65. The molecule has 1 aliphatic rings. The van der Waals surface area contributed by atoms with E-state index in [1.54, 1.807) is 24.0 Å². The molecule has 0 radical (unpaired) electrons. The van der Waals surface area contributed by atoms with Crippen molar-refractivity contribution < 1.29 is 18.0 Å². The molecule has 1 aliphatic heterocycles. The SMILES string of the molecule is Cn1ccc(C(=O)NC2CCN(c3ccnc4cc(C(F)(F)F)ccc34)CC2)n1. The van der Waals surface area contributed by atoms with Crippen LogP contribution in [0.15, 0.2) is 42.7 Å². The summed E-state index contributed by atoms with van der Waals surface area (Å²) in [6.07, 6.45) is 0.338. The highest BCUT2D eigenvalue weighted by Crippen LogP contribution is 2.34. The maximum Gasteiger partial charge on any atom is 0.416 e. The van der Waals surface area contributed by atoms with Crippen LogP contribution in [0.25, 0.3) is 10.9 Å². The third kappa shape index (κ3) is 4.03. The number of benzene rings is 1. The van der Waals surface area contributed by atoms with Gasteiger partial charge in [0, 0.05) is 49.6 Å². The number of rotatable bonds is 3. The molecule has 9 heteroatoms. The first-order valence-corrected chi connectivity index (χ1v) is 9.33. The van der Waals surface area contributed by atoms with Crippen LogP contribution >= 0.6 is 0 Å². The average Bonchev–Trinajstić information content (AvgIpc) is 3.13. The van der Waals surface area contributed by atoms with Crippen LogP contribution in [-0.2, 0) is 13.2 Å². The highest BCUT2D eigenvalue weighted by molar-refractivity contribution is 5.93. The number of carbonyl (C=O) groups is 1. The number of halogens is 3. The Hall–Kier alpha value is -3.10. The molecular formula is C20H20F3N5O. The number of aromatic nitrogens is 3. The van der Waals surface area contributed by atoms with Gasteiger partial charge in [0.15, 0.2) is 0 Å². The number of pyridine rings is 1. The van der Waals surface area contributed by atoms with Crippen molar-refractivity contribution in [2.75, 3.05) is 18.0 Å². The molecule has 0 unspecified atom stereocenters. The fraction of sp³-hybridized carbons (Fsp3) is 0.350. The predicted octanol–water partition coefficient (Wildman–Crippen LogP) is 3.39. The van der Waals surface area contributed by atoms with E-state index in [1.807, 2.05) is 6.07 Å². The Morgan fingerprint density at radius 2 is 1.93 bits per heavy atom. The van der Waals surface area contributed by atoms with E-state index in [-0.39, 0.29) is 11.9 Å². The average molecular weight is 403 g/mol. The van der Waals surface area contributed by atoms with Gasteiger partial charge in [0.05, 0.1) is 11.1 Å². The second kappa shape index (κ2) is 7.38. The Morgan fingerprint density at radius 3 is 2.59 bits per heavy atom. The minimum Gasteiger partial charge on any atom is -0.371 e. The molecule has 0 bridgehead atoms. The second-order valence-corrected chi connectivity index (χ2v) is 7.17. The van der Waals surface area contributed by atoms with Crippen LogP contribution in [0.3, 0.4) is 0 Å². The normalized spacial score (nSPS) is 15.7. The molecule has 1 amide bonds. The molecule has 1 N–H and O–H groups in total. The number of nitrogens with one attached hydrogen (secondary N) is 1. The maximum atomic E-state index is 13.0. The van der Waals surface area contributed by atoms with Gasteiger partial charge in [-0.2, -0.15) is 18.3 Å². The summed E-state index contributed by atoms with van der Waals surface area (Å²) in [5, 5.41) is 7.80. The van der Waals surface area contributed by atoms with Crippen LogP contribution in [0.1, 0.15) is 28.9 Å². The summed E-state index contributed by atoms with van der Waals surface area (Å²) in [5.41, 5.74) is 0.863. The van der Waals surface area contributed by atoms with Crippen LogP contribution in [-0.4, -0.2) is 39.8 Å². The summed E-state index contributed by atoms with van der Waals surface area (Å²) < 4.78 is 40.5. The Balaban J connectivity index is 1.45. The number of hydrogen-bond acceptors (Lipinski definition) is 4. The van der Waals surface area contributed by atoms with Gasteiger partial charge in [-0.05, 0) is 37.1 Å². The number of amides is 1. The van der Waals surface area contributed by atoms with Crippen molar-refractivity contribution in [3.05, 3.63) is 54.0 Å². The Labute approximate surface area is 165 Å². The van der Waals surface area contributed by atoms with Crippen molar-refractivity contribution in [1.82, 2.24) is 20.1 Å². The van der Waals surface area contributed by atoms with E-state index in [1.165, 1.54) is 12.3 Å². The van der Waals surface area contributed by atoms with Crippen LogP contribution in [0.4, 0.5) is 18.9 Å². The van der Waals surface area contributed by atoms with E-state index < -0.39 is 11.7 Å². The van der Waals surface area contributed by atoms with E-state index in [0.29, 0.717) is 29.7 Å². The molecule has 3 aromatic rings. The Bertz CT molecular complexity index is 1040. The van der Waals surface area contributed by atoms with Crippen molar-refractivity contribution in [1.29, 1.82) is 0 Å². The summed E-state index contributed by atoms with van der Waals surface area (Å²) in [7, 11) is 1.76. The zero-order valence-electron chi connectivity index (χ0n) is 15.8. The smallest absolute Gasteiger partial charge is 0.371 e. The number of aryl methyl sites for hydroxylation is 1. The summed E-state index contributed by atoms with van der Waals surface area (Å²) in [5.74, 6) is -0.196. The monoisotopic (exact) mass is 403 g/mol. The topological polar surface area (TPSA) is 63.1 Å². The molecule has 0 atom stereocenters. The molecule has 1 aromatic carbocycles. The van der Waals surface area contributed by atoms with Crippen LogP contribution in [0.5, 0.6) is 0 Å². The quantitative estimate of drug-likeness (QED) is 0.728. The van der Waals surface area contributed by atoms with Crippen molar-refractivity contribution >= 4 is 22.5 Å². The van der Waals surface area contributed by atoms with Gasteiger partial charge in [-0.15, -0.1) is 0 Å². The van der Waals surface area contributed by atoms with E-state index in [0.717, 1.165) is 30.7 Å². The molecule has 1 fully saturated rings. The van der Waals surface area contributed by atoms with Gasteiger partial charge in [-0.25, -0.2) is 0 Å².